The van der Waals surface area contributed by atoms with Gasteiger partial charge in [0.25, 0.3) is 0 Å². The third kappa shape index (κ3) is 5.26. The second-order valence-electron chi connectivity index (χ2n) is 13.2. The van der Waals surface area contributed by atoms with E-state index in [-0.39, 0.29) is 30.0 Å². The first kappa shape index (κ1) is 27.6. The lowest BCUT2D eigenvalue weighted by molar-refractivity contribution is -0.114. The molecule has 0 spiro atoms. The van der Waals surface area contributed by atoms with E-state index in [0.717, 1.165) is 78.0 Å². The second-order valence-corrected chi connectivity index (χ2v) is 13.2. The fraction of sp³-hybridized carbons (Fsp3) is 0.441. The molecule has 43 heavy (non-hydrogen) atoms. The van der Waals surface area contributed by atoms with Crippen LogP contribution in [0.2, 0.25) is 0 Å². The lowest BCUT2D eigenvalue weighted by atomic mass is 9.85. The molecule has 7 rings (SSSR count). The van der Waals surface area contributed by atoms with Gasteiger partial charge in [0.15, 0.2) is 5.65 Å². The molecule has 9 heteroatoms. The highest BCUT2D eigenvalue weighted by Gasteiger charge is 2.47. The molecule has 0 unspecified atom stereocenters. The molecular weight excluding hydrogens is 540 g/mol. The van der Waals surface area contributed by atoms with Crippen LogP contribution in [0, 0.1) is 0 Å². The van der Waals surface area contributed by atoms with Gasteiger partial charge in [-0.15, -0.1) is 0 Å². The zero-order chi connectivity index (χ0) is 29.9. The number of aromatic nitrogens is 4. The molecule has 3 fully saturated rings. The Bertz CT molecular complexity index is 1670. The van der Waals surface area contributed by atoms with Gasteiger partial charge in [-0.05, 0) is 71.3 Å². The van der Waals surface area contributed by atoms with Crippen molar-refractivity contribution in [2.24, 2.45) is 0 Å². The van der Waals surface area contributed by atoms with Crippen LogP contribution in [0.3, 0.4) is 0 Å². The SMILES string of the molecule is CC(=O)Nc1c(C2CC2)c([C@H]2C[C@H]3CC[C@@H](C2)N3C(=O)OC(C)(C)C)nc2c(-c3ccc(-c4ccccc4)nc3)cnn12. The van der Waals surface area contributed by atoms with Crippen LogP contribution < -0.4 is 5.32 Å². The number of ether oxygens (including phenoxy) is 1. The van der Waals surface area contributed by atoms with Crippen molar-refractivity contribution in [1.29, 1.82) is 0 Å². The standard InChI is InChI=1S/C34H38N6O3/c1-20(41)37-32-29(22-10-11-22)30(24-16-25-13-14-26(17-24)39(25)33(42)43-34(2,3)4)38-31-27(19-36-40(31)32)23-12-15-28(35-18-23)21-8-6-5-7-9-21/h5-9,12,15,18-19,22,24-26H,10-11,13-14,16-17H2,1-4H3,(H,37,41)/t24-,25+,26-. The second kappa shape index (κ2) is 10.5. The van der Waals surface area contributed by atoms with Gasteiger partial charge >= 0.3 is 6.09 Å². The maximum absolute atomic E-state index is 13.2. The smallest absolute Gasteiger partial charge is 0.410 e. The Hall–Kier alpha value is -4.27. The van der Waals surface area contributed by atoms with Crippen LogP contribution in [-0.2, 0) is 9.53 Å². The van der Waals surface area contributed by atoms with Crippen molar-refractivity contribution in [2.75, 3.05) is 5.32 Å². The van der Waals surface area contributed by atoms with Crippen LogP contribution in [0.25, 0.3) is 28.0 Å². The molecule has 222 valence electrons. The Morgan fingerprint density at radius 1 is 0.907 bits per heavy atom. The minimum absolute atomic E-state index is 0.118. The molecule has 1 aliphatic carbocycles. The first-order chi connectivity index (χ1) is 20.7. The van der Waals surface area contributed by atoms with Gasteiger partial charge in [0, 0.05) is 53.4 Å². The van der Waals surface area contributed by atoms with Crippen LogP contribution >= 0.6 is 0 Å². The summed E-state index contributed by atoms with van der Waals surface area (Å²) in [6.45, 7) is 7.28. The van der Waals surface area contributed by atoms with Crippen LogP contribution in [0.5, 0.6) is 0 Å². The molecule has 2 aliphatic heterocycles. The van der Waals surface area contributed by atoms with Crippen molar-refractivity contribution in [1.82, 2.24) is 24.5 Å². The number of nitrogens with one attached hydrogen (secondary N) is 1. The molecular formula is C34H38N6O3. The van der Waals surface area contributed by atoms with Crippen molar-refractivity contribution >= 4 is 23.5 Å². The fourth-order valence-electron chi connectivity index (χ4n) is 6.95. The van der Waals surface area contributed by atoms with Gasteiger partial charge in [-0.25, -0.2) is 9.78 Å². The van der Waals surface area contributed by atoms with Crippen molar-refractivity contribution in [3.05, 3.63) is 66.1 Å². The van der Waals surface area contributed by atoms with Crippen LogP contribution in [-0.4, -0.2) is 54.2 Å². The number of fused-ring (bicyclic) bond motifs is 3. The Kier molecular flexibility index (Phi) is 6.71. The number of pyridine rings is 1. The quantitative estimate of drug-likeness (QED) is 0.275. The van der Waals surface area contributed by atoms with Gasteiger partial charge in [0.05, 0.1) is 17.6 Å². The maximum atomic E-state index is 13.2. The van der Waals surface area contributed by atoms with Crippen molar-refractivity contribution in [3.8, 4) is 22.4 Å². The van der Waals surface area contributed by atoms with E-state index >= 15 is 0 Å². The Morgan fingerprint density at radius 3 is 2.23 bits per heavy atom. The summed E-state index contributed by atoms with van der Waals surface area (Å²) in [5.41, 5.74) is 6.07. The Morgan fingerprint density at radius 2 is 1.63 bits per heavy atom. The number of amides is 2. The highest BCUT2D eigenvalue weighted by molar-refractivity contribution is 5.90. The summed E-state index contributed by atoms with van der Waals surface area (Å²) in [6.07, 6.45) is 9.20. The highest BCUT2D eigenvalue weighted by Crippen LogP contribution is 2.51. The van der Waals surface area contributed by atoms with Crippen molar-refractivity contribution < 1.29 is 14.3 Å². The van der Waals surface area contributed by atoms with Gasteiger partial charge < -0.3 is 15.0 Å². The number of rotatable bonds is 5. The molecule has 3 atom stereocenters. The summed E-state index contributed by atoms with van der Waals surface area (Å²) < 4.78 is 7.58. The number of hydrogen-bond acceptors (Lipinski definition) is 6. The van der Waals surface area contributed by atoms with Crippen molar-refractivity contribution in [2.45, 2.75) is 95.7 Å². The summed E-state index contributed by atoms with van der Waals surface area (Å²) in [5.74, 6) is 1.10. The summed E-state index contributed by atoms with van der Waals surface area (Å²) in [4.78, 5) is 37.7. The molecule has 5 heterocycles. The van der Waals surface area contributed by atoms with E-state index in [9.17, 15) is 9.59 Å². The summed E-state index contributed by atoms with van der Waals surface area (Å²) in [5, 5.41) is 7.86. The lowest BCUT2D eigenvalue weighted by Crippen LogP contribution is -2.48. The number of benzene rings is 1. The molecule has 1 saturated carbocycles. The molecule has 2 bridgehead atoms. The summed E-state index contributed by atoms with van der Waals surface area (Å²) in [7, 11) is 0. The monoisotopic (exact) mass is 578 g/mol. The predicted octanol–water partition coefficient (Wildman–Crippen LogP) is 6.94. The molecule has 2 saturated heterocycles. The zero-order valence-corrected chi connectivity index (χ0v) is 25.2. The molecule has 0 radical (unpaired) electrons. The fourth-order valence-corrected chi connectivity index (χ4v) is 6.95. The largest absolute Gasteiger partial charge is 0.444 e. The van der Waals surface area contributed by atoms with E-state index < -0.39 is 5.60 Å². The van der Waals surface area contributed by atoms with Gasteiger partial charge in [0.2, 0.25) is 5.91 Å². The zero-order valence-electron chi connectivity index (χ0n) is 25.2. The first-order valence-electron chi connectivity index (χ1n) is 15.4. The summed E-state index contributed by atoms with van der Waals surface area (Å²) >= 11 is 0. The van der Waals surface area contributed by atoms with Crippen LogP contribution in [0.4, 0.5) is 10.6 Å². The van der Waals surface area contributed by atoms with Gasteiger partial charge in [-0.3, -0.25) is 9.78 Å². The van der Waals surface area contributed by atoms with E-state index in [4.69, 9.17) is 19.8 Å². The number of carbonyl (C=O) groups excluding carboxylic acids is 2. The molecule has 1 aromatic carbocycles. The molecule has 1 N–H and O–H groups in total. The third-order valence-electron chi connectivity index (χ3n) is 8.86. The van der Waals surface area contributed by atoms with E-state index in [2.05, 4.69) is 11.4 Å². The van der Waals surface area contributed by atoms with E-state index in [0.29, 0.717) is 11.6 Å². The molecule has 2 amide bonds. The number of nitrogens with zero attached hydrogens (tertiary/aromatic N) is 5. The van der Waals surface area contributed by atoms with Gasteiger partial charge in [0.1, 0.15) is 11.4 Å². The van der Waals surface area contributed by atoms with Gasteiger partial charge in [-0.1, -0.05) is 36.4 Å². The van der Waals surface area contributed by atoms with E-state index in [1.165, 1.54) is 0 Å². The average molecular weight is 579 g/mol. The third-order valence-corrected chi connectivity index (χ3v) is 8.86. The van der Waals surface area contributed by atoms with Crippen LogP contribution in [0.1, 0.15) is 89.3 Å². The predicted molar refractivity (Wildman–Crippen MR) is 165 cm³/mol. The highest BCUT2D eigenvalue weighted by atomic mass is 16.6. The number of hydrogen-bond donors (Lipinski definition) is 1. The topological polar surface area (TPSA) is 102 Å². The average Bonchev–Trinajstić information content (AvgIpc) is 3.66. The van der Waals surface area contributed by atoms with Gasteiger partial charge in [-0.2, -0.15) is 9.61 Å². The first-order valence-corrected chi connectivity index (χ1v) is 15.4. The minimum Gasteiger partial charge on any atom is -0.444 e. The minimum atomic E-state index is -0.529. The van der Waals surface area contributed by atoms with Crippen LogP contribution in [0.15, 0.2) is 54.9 Å². The maximum Gasteiger partial charge on any atom is 0.410 e. The number of anilines is 1. The summed E-state index contributed by atoms with van der Waals surface area (Å²) in [6, 6.07) is 14.4. The Labute approximate surface area is 251 Å². The molecule has 4 aromatic rings. The molecule has 3 aromatic heterocycles. The Balaban J connectivity index is 1.29. The normalized spacial score (nSPS) is 21.7. The molecule has 9 nitrogen and oxygen atoms in total. The lowest BCUT2D eigenvalue weighted by Gasteiger charge is -2.40. The van der Waals surface area contributed by atoms with Crippen molar-refractivity contribution in [3.63, 3.8) is 0 Å². The molecule has 3 aliphatic rings. The number of piperidine rings is 1. The van der Waals surface area contributed by atoms with E-state index in [1.54, 1.807) is 11.4 Å². The number of carbonyl (C=O) groups is 2. The van der Waals surface area contributed by atoms with E-state index in [1.807, 2.05) is 74.5 Å².